The van der Waals surface area contributed by atoms with Crippen molar-refractivity contribution in [3.05, 3.63) is 0 Å². The Kier molecular flexibility index (Phi) is 7.39. The van der Waals surface area contributed by atoms with Gasteiger partial charge in [0.2, 0.25) is 0 Å². The van der Waals surface area contributed by atoms with Crippen LogP contribution in [0.1, 0.15) is 125 Å². The average Bonchev–Trinajstić information content (AvgIpc) is 3.11. The average molecular weight is 445 g/mol. The molecule has 0 radical (unpaired) electrons. The van der Waals surface area contributed by atoms with Crippen molar-refractivity contribution in [2.24, 2.45) is 52.3 Å². The zero-order valence-corrected chi connectivity index (χ0v) is 22.1. The fraction of sp³-hybridized carbons (Fsp3) is 0.967. The van der Waals surface area contributed by atoms with Crippen LogP contribution in [-0.4, -0.2) is 12.1 Å². The van der Waals surface area contributed by atoms with Crippen molar-refractivity contribution in [3.8, 4) is 0 Å². The molecule has 4 aliphatic carbocycles. The molecule has 4 rings (SSSR count). The normalized spacial score (nSPS) is 44.5. The Morgan fingerprint density at radius 3 is 2.34 bits per heavy atom. The van der Waals surface area contributed by atoms with Crippen LogP contribution < -0.4 is 0 Å². The maximum atomic E-state index is 11.9. The van der Waals surface area contributed by atoms with Crippen LogP contribution in [0.4, 0.5) is 0 Å². The van der Waals surface area contributed by atoms with Crippen LogP contribution in [0.25, 0.3) is 0 Å². The highest BCUT2D eigenvalue weighted by Crippen LogP contribution is 2.68. The van der Waals surface area contributed by atoms with Crippen molar-refractivity contribution >= 4 is 5.97 Å². The monoisotopic (exact) mass is 444 g/mol. The van der Waals surface area contributed by atoms with Crippen molar-refractivity contribution in [3.63, 3.8) is 0 Å². The topological polar surface area (TPSA) is 26.3 Å². The van der Waals surface area contributed by atoms with Crippen molar-refractivity contribution < 1.29 is 9.53 Å². The van der Waals surface area contributed by atoms with Crippen LogP contribution in [0.3, 0.4) is 0 Å². The molecule has 9 atom stereocenters. The molecule has 32 heavy (non-hydrogen) atoms. The molecule has 0 heterocycles. The van der Waals surface area contributed by atoms with Gasteiger partial charge in [0.05, 0.1) is 0 Å². The van der Waals surface area contributed by atoms with Gasteiger partial charge in [0.1, 0.15) is 6.10 Å². The predicted octanol–water partition coefficient (Wildman–Crippen LogP) is 8.43. The first-order chi connectivity index (χ1) is 15.2. The van der Waals surface area contributed by atoms with Gasteiger partial charge >= 0.3 is 5.97 Å². The maximum absolute atomic E-state index is 11.9. The standard InChI is InChI=1S/C30H52O2/c1-7-28(31)32-23-15-17-29(5)22(19-23)11-12-24-26-14-13-25(21(4)10-8-9-20(2)3)30(26,6)18-16-27(24)29/h20-27H,7-19H2,1-6H3/t21-,22?,23?,24+,25-,26+,27+,29+,30-/m1/s1. The van der Waals surface area contributed by atoms with Crippen molar-refractivity contribution in [1.82, 2.24) is 0 Å². The van der Waals surface area contributed by atoms with E-state index in [0.29, 0.717) is 17.3 Å². The molecule has 2 nitrogen and oxygen atoms in total. The van der Waals surface area contributed by atoms with Gasteiger partial charge in [-0.1, -0.05) is 60.8 Å². The van der Waals surface area contributed by atoms with Crippen molar-refractivity contribution in [1.29, 1.82) is 0 Å². The van der Waals surface area contributed by atoms with Crippen molar-refractivity contribution in [2.75, 3.05) is 0 Å². The third-order valence-electron chi connectivity index (χ3n) is 11.4. The molecule has 0 aromatic heterocycles. The molecule has 184 valence electrons. The summed E-state index contributed by atoms with van der Waals surface area (Å²) in [6, 6.07) is 0. The molecule has 2 unspecified atom stereocenters. The summed E-state index contributed by atoms with van der Waals surface area (Å²) in [5.41, 5.74) is 1.08. The van der Waals surface area contributed by atoms with E-state index in [4.69, 9.17) is 4.74 Å². The molecule has 0 saturated heterocycles. The molecule has 0 aliphatic heterocycles. The number of hydrogen-bond acceptors (Lipinski definition) is 2. The van der Waals surface area contributed by atoms with Gasteiger partial charge in [-0.05, 0) is 110 Å². The van der Waals surface area contributed by atoms with Crippen LogP contribution in [0.2, 0.25) is 0 Å². The molecule has 0 amide bonds. The maximum Gasteiger partial charge on any atom is 0.305 e. The van der Waals surface area contributed by atoms with E-state index in [0.717, 1.165) is 54.3 Å². The van der Waals surface area contributed by atoms with Gasteiger partial charge in [0, 0.05) is 6.42 Å². The largest absolute Gasteiger partial charge is 0.462 e. The molecule has 4 aliphatic rings. The summed E-state index contributed by atoms with van der Waals surface area (Å²) in [7, 11) is 0. The smallest absolute Gasteiger partial charge is 0.305 e. The van der Waals surface area contributed by atoms with Gasteiger partial charge in [0.15, 0.2) is 0 Å². The summed E-state index contributed by atoms with van der Waals surface area (Å²) < 4.78 is 5.80. The first-order valence-corrected chi connectivity index (χ1v) is 14.4. The Morgan fingerprint density at radius 2 is 1.62 bits per heavy atom. The third kappa shape index (κ3) is 4.43. The number of rotatable bonds is 7. The lowest BCUT2D eigenvalue weighted by atomic mass is 9.44. The second-order valence-electron chi connectivity index (χ2n) is 13.4. The van der Waals surface area contributed by atoms with E-state index in [1.165, 1.54) is 64.2 Å². The van der Waals surface area contributed by atoms with E-state index >= 15 is 0 Å². The number of carbonyl (C=O) groups excluding carboxylic acids is 1. The van der Waals surface area contributed by atoms with Crippen LogP contribution in [0.5, 0.6) is 0 Å². The summed E-state index contributed by atoms with van der Waals surface area (Å²) in [6.45, 7) is 14.6. The van der Waals surface area contributed by atoms with Gasteiger partial charge < -0.3 is 4.74 Å². The van der Waals surface area contributed by atoms with Gasteiger partial charge in [-0.25, -0.2) is 0 Å². The molecule has 0 spiro atoms. The second kappa shape index (κ2) is 9.61. The number of ether oxygens (including phenoxy) is 1. The summed E-state index contributed by atoms with van der Waals surface area (Å²) in [4.78, 5) is 11.9. The Hall–Kier alpha value is -0.530. The van der Waals surface area contributed by atoms with Crippen LogP contribution >= 0.6 is 0 Å². The minimum atomic E-state index is 0.000216. The molecular formula is C30H52O2. The number of esters is 1. The van der Waals surface area contributed by atoms with Crippen LogP contribution in [0, 0.1) is 52.3 Å². The number of hydrogen-bond donors (Lipinski definition) is 0. The van der Waals surface area contributed by atoms with E-state index in [1.807, 2.05) is 6.92 Å². The summed E-state index contributed by atoms with van der Waals surface area (Å²) >= 11 is 0. The van der Waals surface area contributed by atoms with E-state index in [1.54, 1.807) is 0 Å². The lowest BCUT2D eigenvalue weighted by Gasteiger charge is -2.61. The molecule has 4 saturated carbocycles. The summed E-state index contributed by atoms with van der Waals surface area (Å²) in [6.07, 6.45) is 17.2. The molecule has 0 aromatic carbocycles. The molecular weight excluding hydrogens is 392 g/mol. The highest BCUT2D eigenvalue weighted by Gasteiger charge is 2.60. The predicted molar refractivity (Wildman–Crippen MR) is 133 cm³/mol. The first kappa shape index (κ1) is 24.6. The third-order valence-corrected chi connectivity index (χ3v) is 11.4. The zero-order valence-electron chi connectivity index (χ0n) is 22.1. The highest BCUT2D eigenvalue weighted by atomic mass is 16.5. The second-order valence-corrected chi connectivity index (χ2v) is 13.4. The zero-order chi connectivity index (χ0) is 23.1. The lowest BCUT2D eigenvalue weighted by molar-refractivity contribution is -0.162. The quantitative estimate of drug-likeness (QED) is 0.368. The van der Waals surface area contributed by atoms with E-state index in [-0.39, 0.29) is 12.1 Å². The molecule has 0 aromatic rings. The Labute approximate surface area is 199 Å². The fourth-order valence-corrected chi connectivity index (χ4v) is 9.62. The molecule has 0 bridgehead atoms. The van der Waals surface area contributed by atoms with E-state index in [9.17, 15) is 4.79 Å². The van der Waals surface area contributed by atoms with E-state index < -0.39 is 0 Å². The fourth-order valence-electron chi connectivity index (χ4n) is 9.62. The minimum absolute atomic E-state index is 0.000216. The molecule has 4 fully saturated rings. The number of carbonyl (C=O) groups is 1. The first-order valence-electron chi connectivity index (χ1n) is 14.4. The van der Waals surface area contributed by atoms with Gasteiger partial charge in [-0.3, -0.25) is 4.79 Å². The SMILES string of the molecule is CCC(=O)OC1CC[C@@]2(C)C(CC[C@H]3[C@@H]4CC[C@H]([C@H](C)CCCC(C)C)[C@@]4(C)CC[C@@H]32)C1. The Bertz CT molecular complexity index is 655. The molecule has 0 N–H and O–H groups in total. The Morgan fingerprint density at radius 1 is 0.906 bits per heavy atom. The Balaban J connectivity index is 1.42. The minimum Gasteiger partial charge on any atom is -0.462 e. The lowest BCUT2D eigenvalue weighted by Crippen LogP contribution is -2.54. The van der Waals surface area contributed by atoms with Gasteiger partial charge in [-0.2, -0.15) is 0 Å². The number of fused-ring (bicyclic) bond motifs is 5. The van der Waals surface area contributed by atoms with Crippen LogP contribution in [0.15, 0.2) is 0 Å². The molecule has 2 heteroatoms. The summed E-state index contributed by atoms with van der Waals surface area (Å²) in [5.74, 6) is 6.30. The summed E-state index contributed by atoms with van der Waals surface area (Å²) in [5, 5.41) is 0. The van der Waals surface area contributed by atoms with Crippen LogP contribution in [-0.2, 0) is 9.53 Å². The van der Waals surface area contributed by atoms with Gasteiger partial charge in [-0.15, -0.1) is 0 Å². The van der Waals surface area contributed by atoms with Gasteiger partial charge in [0.25, 0.3) is 0 Å². The van der Waals surface area contributed by atoms with Crippen molar-refractivity contribution in [2.45, 2.75) is 131 Å². The highest BCUT2D eigenvalue weighted by molar-refractivity contribution is 5.69. The van der Waals surface area contributed by atoms with E-state index in [2.05, 4.69) is 34.6 Å².